The first-order valence-corrected chi connectivity index (χ1v) is 8.73. The lowest BCUT2D eigenvalue weighted by Gasteiger charge is -2.37. The molecular weight excluding hydrogens is 280 g/mol. The second kappa shape index (κ2) is 7.95. The average molecular weight is 310 g/mol. The number of piperidine rings is 1. The molecule has 0 aromatic rings. The third-order valence-electron chi connectivity index (χ3n) is 5.34. The number of hydrogen-bond donors (Lipinski definition) is 1. The van der Waals surface area contributed by atoms with Gasteiger partial charge in [0.1, 0.15) is 0 Å². The number of carbonyl (C=O) groups is 2. The smallest absolute Gasteiger partial charge is 0.317 e. The molecule has 0 radical (unpaired) electrons. The lowest BCUT2D eigenvalue weighted by molar-refractivity contribution is -0.140. The molecule has 2 aliphatic rings. The van der Waals surface area contributed by atoms with Crippen LogP contribution in [0.4, 0.5) is 0 Å². The molecule has 2 fully saturated rings. The van der Waals surface area contributed by atoms with Crippen molar-refractivity contribution in [3.05, 3.63) is 0 Å². The van der Waals surface area contributed by atoms with Crippen molar-refractivity contribution in [3.63, 3.8) is 0 Å². The zero-order chi connectivity index (χ0) is 16.1. The maximum atomic E-state index is 12.4. The number of carboxylic acid groups (broad SMARTS) is 1. The number of hydrogen-bond acceptors (Lipinski definition) is 3. The molecular formula is C17H30N2O3. The summed E-state index contributed by atoms with van der Waals surface area (Å²) in [6.45, 7) is 6.70. The van der Waals surface area contributed by atoms with Crippen LogP contribution in [0.1, 0.15) is 52.4 Å². The van der Waals surface area contributed by atoms with Gasteiger partial charge in [0.2, 0.25) is 5.91 Å². The maximum Gasteiger partial charge on any atom is 0.317 e. The molecule has 2 atom stereocenters. The van der Waals surface area contributed by atoms with Crippen LogP contribution in [-0.2, 0) is 9.59 Å². The summed E-state index contributed by atoms with van der Waals surface area (Å²) >= 11 is 0. The van der Waals surface area contributed by atoms with Crippen molar-refractivity contribution >= 4 is 11.9 Å². The van der Waals surface area contributed by atoms with E-state index in [0.29, 0.717) is 24.3 Å². The quantitative estimate of drug-likeness (QED) is 0.817. The summed E-state index contributed by atoms with van der Waals surface area (Å²) in [7, 11) is 0. The van der Waals surface area contributed by atoms with Gasteiger partial charge in [-0.3, -0.25) is 14.5 Å². The van der Waals surface area contributed by atoms with Gasteiger partial charge in [0.15, 0.2) is 0 Å². The van der Waals surface area contributed by atoms with E-state index in [4.69, 9.17) is 5.11 Å². The summed E-state index contributed by atoms with van der Waals surface area (Å²) in [5.74, 6) is 0.895. The minimum Gasteiger partial charge on any atom is -0.480 e. The summed E-state index contributed by atoms with van der Waals surface area (Å²) < 4.78 is 0. The molecule has 1 saturated carbocycles. The largest absolute Gasteiger partial charge is 0.480 e. The van der Waals surface area contributed by atoms with E-state index in [1.807, 2.05) is 16.7 Å². The Bertz CT molecular complexity index is 391. The molecule has 5 nitrogen and oxygen atoms in total. The van der Waals surface area contributed by atoms with Crippen LogP contribution in [0.2, 0.25) is 0 Å². The standard InChI is InChI=1S/C17H30N2O3/c1-3-18(12-17(21)22)15-6-8-19(9-7-15)16(20)11-14-5-4-13(2)10-14/h13-15H,3-12H2,1-2H3,(H,21,22). The van der Waals surface area contributed by atoms with Gasteiger partial charge in [0, 0.05) is 25.6 Å². The molecule has 1 aliphatic carbocycles. The lowest BCUT2D eigenvalue weighted by atomic mass is 9.99. The van der Waals surface area contributed by atoms with E-state index in [9.17, 15) is 9.59 Å². The minimum atomic E-state index is -0.768. The minimum absolute atomic E-state index is 0.106. The fraction of sp³-hybridized carbons (Fsp3) is 0.882. The first-order chi connectivity index (χ1) is 10.5. The van der Waals surface area contributed by atoms with Crippen molar-refractivity contribution in [1.29, 1.82) is 0 Å². The molecule has 126 valence electrons. The number of likely N-dealkylation sites (N-methyl/N-ethyl adjacent to an activating group) is 1. The molecule has 2 rings (SSSR count). The number of rotatable bonds is 6. The van der Waals surface area contributed by atoms with E-state index < -0.39 is 5.97 Å². The van der Waals surface area contributed by atoms with Gasteiger partial charge in [0.25, 0.3) is 0 Å². The molecule has 1 amide bonds. The van der Waals surface area contributed by atoms with Crippen LogP contribution >= 0.6 is 0 Å². The van der Waals surface area contributed by atoms with Crippen molar-refractivity contribution in [2.45, 2.75) is 58.4 Å². The van der Waals surface area contributed by atoms with Crippen LogP contribution in [0.3, 0.4) is 0 Å². The molecule has 0 aromatic heterocycles. The third kappa shape index (κ3) is 4.70. The summed E-state index contributed by atoms with van der Waals surface area (Å²) in [6.07, 6.45) is 6.17. The SMILES string of the molecule is CCN(CC(=O)O)C1CCN(C(=O)CC2CCC(C)C2)CC1. The molecule has 1 heterocycles. The first kappa shape index (κ1) is 17.3. The molecule has 0 aromatic carbocycles. The van der Waals surface area contributed by atoms with Crippen molar-refractivity contribution in [2.75, 3.05) is 26.2 Å². The van der Waals surface area contributed by atoms with E-state index in [0.717, 1.165) is 38.4 Å². The van der Waals surface area contributed by atoms with Gasteiger partial charge in [-0.25, -0.2) is 0 Å². The number of aliphatic carboxylic acids is 1. The number of nitrogens with zero attached hydrogens (tertiary/aromatic N) is 2. The Morgan fingerprint density at radius 2 is 1.86 bits per heavy atom. The third-order valence-corrected chi connectivity index (χ3v) is 5.34. The van der Waals surface area contributed by atoms with Gasteiger partial charge in [-0.05, 0) is 44.1 Å². The Morgan fingerprint density at radius 3 is 2.36 bits per heavy atom. The van der Waals surface area contributed by atoms with Crippen molar-refractivity contribution in [2.24, 2.45) is 11.8 Å². The Balaban J connectivity index is 1.76. The van der Waals surface area contributed by atoms with Gasteiger partial charge >= 0.3 is 5.97 Å². The van der Waals surface area contributed by atoms with E-state index in [1.165, 1.54) is 19.3 Å². The van der Waals surface area contributed by atoms with Gasteiger partial charge in [0.05, 0.1) is 6.54 Å². The van der Waals surface area contributed by atoms with Gasteiger partial charge < -0.3 is 10.0 Å². The topological polar surface area (TPSA) is 60.9 Å². The van der Waals surface area contributed by atoms with Crippen LogP contribution in [-0.4, -0.2) is 59.0 Å². The normalized spacial score (nSPS) is 26.6. The van der Waals surface area contributed by atoms with Crippen LogP contribution in [0.25, 0.3) is 0 Å². The van der Waals surface area contributed by atoms with Gasteiger partial charge in [-0.2, -0.15) is 0 Å². The van der Waals surface area contributed by atoms with Crippen molar-refractivity contribution in [1.82, 2.24) is 9.80 Å². The highest BCUT2D eigenvalue weighted by molar-refractivity contribution is 5.76. The fourth-order valence-corrected chi connectivity index (χ4v) is 4.04. The molecule has 22 heavy (non-hydrogen) atoms. The summed E-state index contributed by atoms with van der Waals surface area (Å²) in [5, 5.41) is 8.96. The maximum absolute atomic E-state index is 12.4. The average Bonchev–Trinajstić information content (AvgIpc) is 2.90. The fourth-order valence-electron chi connectivity index (χ4n) is 4.04. The Labute approximate surface area is 133 Å². The molecule has 1 N–H and O–H groups in total. The van der Waals surface area contributed by atoms with E-state index in [2.05, 4.69) is 6.92 Å². The summed E-state index contributed by atoms with van der Waals surface area (Å²) in [4.78, 5) is 27.3. The summed E-state index contributed by atoms with van der Waals surface area (Å²) in [5.41, 5.74) is 0. The number of carboxylic acids is 1. The Morgan fingerprint density at radius 1 is 1.18 bits per heavy atom. The van der Waals surface area contributed by atoms with Crippen LogP contribution in [0, 0.1) is 11.8 Å². The number of carbonyl (C=O) groups excluding carboxylic acids is 1. The lowest BCUT2D eigenvalue weighted by Crippen LogP contribution is -2.48. The molecule has 0 bridgehead atoms. The highest BCUT2D eigenvalue weighted by Crippen LogP contribution is 2.33. The predicted octanol–water partition coefficient (Wildman–Crippen LogP) is 2.21. The molecule has 2 unspecified atom stereocenters. The monoisotopic (exact) mass is 310 g/mol. The Hall–Kier alpha value is -1.10. The van der Waals surface area contributed by atoms with Crippen LogP contribution in [0.5, 0.6) is 0 Å². The molecule has 1 aliphatic heterocycles. The second-order valence-corrected chi connectivity index (χ2v) is 7.06. The predicted molar refractivity (Wildman–Crippen MR) is 85.6 cm³/mol. The van der Waals surface area contributed by atoms with Crippen LogP contribution < -0.4 is 0 Å². The van der Waals surface area contributed by atoms with Gasteiger partial charge in [-0.1, -0.05) is 20.3 Å². The molecule has 0 spiro atoms. The molecule has 5 heteroatoms. The van der Waals surface area contributed by atoms with Crippen LogP contribution in [0.15, 0.2) is 0 Å². The summed E-state index contributed by atoms with van der Waals surface area (Å²) in [6, 6.07) is 0.302. The molecule has 1 saturated heterocycles. The van der Waals surface area contributed by atoms with E-state index in [1.54, 1.807) is 0 Å². The van der Waals surface area contributed by atoms with E-state index in [-0.39, 0.29) is 6.54 Å². The number of amides is 1. The van der Waals surface area contributed by atoms with Crippen molar-refractivity contribution in [3.8, 4) is 0 Å². The zero-order valence-electron chi connectivity index (χ0n) is 14.0. The van der Waals surface area contributed by atoms with Gasteiger partial charge in [-0.15, -0.1) is 0 Å². The first-order valence-electron chi connectivity index (χ1n) is 8.73. The van der Waals surface area contributed by atoms with E-state index >= 15 is 0 Å². The zero-order valence-corrected chi connectivity index (χ0v) is 14.0. The highest BCUT2D eigenvalue weighted by Gasteiger charge is 2.29. The van der Waals surface area contributed by atoms with Crippen molar-refractivity contribution < 1.29 is 14.7 Å². The number of likely N-dealkylation sites (tertiary alicyclic amines) is 1. The highest BCUT2D eigenvalue weighted by atomic mass is 16.4. The Kier molecular flexibility index (Phi) is 6.24. The second-order valence-electron chi connectivity index (χ2n) is 7.06.